The molecule has 0 aliphatic carbocycles. The SMILES string of the molecule is O=C(c1ccc(F)cc1F)N(CCN1CCOCC1)c1nc2ccc(Cl)cc2s1. The van der Waals surface area contributed by atoms with Gasteiger partial charge in [-0.1, -0.05) is 22.9 Å². The van der Waals surface area contributed by atoms with Crippen molar-refractivity contribution in [3.63, 3.8) is 0 Å². The lowest BCUT2D eigenvalue weighted by Crippen LogP contribution is -2.43. The van der Waals surface area contributed by atoms with Crippen LogP contribution in [0.1, 0.15) is 10.4 Å². The second kappa shape index (κ2) is 8.71. The molecule has 0 bridgehead atoms. The fourth-order valence-electron chi connectivity index (χ4n) is 3.16. The van der Waals surface area contributed by atoms with E-state index < -0.39 is 17.5 Å². The molecule has 1 saturated heterocycles. The molecule has 4 rings (SSSR count). The molecule has 5 nitrogen and oxygen atoms in total. The normalized spacial score (nSPS) is 15.0. The summed E-state index contributed by atoms with van der Waals surface area (Å²) in [5, 5.41) is 1.02. The van der Waals surface area contributed by atoms with Gasteiger partial charge < -0.3 is 4.74 Å². The lowest BCUT2D eigenvalue weighted by atomic mass is 10.2. The van der Waals surface area contributed by atoms with E-state index in [0.717, 1.165) is 23.9 Å². The highest BCUT2D eigenvalue weighted by molar-refractivity contribution is 7.22. The van der Waals surface area contributed by atoms with Crippen LogP contribution in [0.3, 0.4) is 0 Å². The third-order valence-corrected chi connectivity index (χ3v) is 6.00. The highest BCUT2D eigenvalue weighted by Gasteiger charge is 2.25. The molecule has 152 valence electrons. The van der Waals surface area contributed by atoms with Gasteiger partial charge in [0.25, 0.3) is 5.91 Å². The van der Waals surface area contributed by atoms with Crippen molar-refractivity contribution in [3.8, 4) is 0 Å². The number of aromatic nitrogens is 1. The Morgan fingerprint density at radius 2 is 2.00 bits per heavy atom. The number of hydrogen-bond donors (Lipinski definition) is 0. The van der Waals surface area contributed by atoms with Gasteiger partial charge in [-0.15, -0.1) is 0 Å². The molecule has 0 radical (unpaired) electrons. The number of benzene rings is 2. The topological polar surface area (TPSA) is 45.7 Å². The number of thiazole rings is 1. The lowest BCUT2D eigenvalue weighted by molar-refractivity contribution is 0.0391. The van der Waals surface area contributed by atoms with Gasteiger partial charge in [-0.2, -0.15) is 0 Å². The van der Waals surface area contributed by atoms with E-state index in [1.165, 1.54) is 22.3 Å². The summed E-state index contributed by atoms with van der Waals surface area (Å²) < 4.78 is 33.8. The second-order valence-corrected chi connectivity index (χ2v) is 8.09. The molecule has 1 amide bonds. The highest BCUT2D eigenvalue weighted by atomic mass is 35.5. The molecular weight excluding hydrogens is 420 g/mol. The Morgan fingerprint density at radius 1 is 1.21 bits per heavy atom. The maximum Gasteiger partial charge on any atom is 0.263 e. The summed E-state index contributed by atoms with van der Waals surface area (Å²) in [5.74, 6) is -2.18. The Bertz CT molecular complexity index is 1040. The fourth-order valence-corrected chi connectivity index (χ4v) is 4.43. The zero-order chi connectivity index (χ0) is 20.4. The maximum atomic E-state index is 14.3. The molecule has 29 heavy (non-hydrogen) atoms. The molecule has 0 unspecified atom stereocenters. The van der Waals surface area contributed by atoms with Crippen molar-refractivity contribution in [2.45, 2.75) is 0 Å². The maximum absolute atomic E-state index is 14.3. The van der Waals surface area contributed by atoms with Gasteiger partial charge in [-0.05, 0) is 30.3 Å². The summed E-state index contributed by atoms with van der Waals surface area (Å²) in [5.41, 5.74) is 0.517. The van der Waals surface area contributed by atoms with E-state index in [-0.39, 0.29) is 5.56 Å². The number of amides is 1. The van der Waals surface area contributed by atoms with Crippen molar-refractivity contribution in [3.05, 3.63) is 58.6 Å². The zero-order valence-corrected chi connectivity index (χ0v) is 17.0. The van der Waals surface area contributed by atoms with E-state index in [1.807, 2.05) is 0 Å². The molecule has 1 fully saturated rings. The van der Waals surface area contributed by atoms with E-state index in [2.05, 4.69) is 9.88 Å². The Morgan fingerprint density at radius 3 is 2.76 bits per heavy atom. The van der Waals surface area contributed by atoms with Crippen LogP contribution in [0.25, 0.3) is 10.2 Å². The Labute approximate surface area is 175 Å². The van der Waals surface area contributed by atoms with Crippen LogP contribution in [0.4, 0.5) is 13.9 Å². The van der Waals surface area contributed by atoms with Crippen LogP contribution >= 0.6 is 22.9 Å². The Balaban J connectivity index is 1.66. The number of hydrogen-bond acceptors (Lipinski definition) is 5. The second-order valence-electron chi connectivity index (χ2n) is 6.64. The Kier molecular flexibility index (Phi) is 6.05. The third-order valence-electron chi connectivity index (χ3n) is 4.72. The van der Waals surface area contributed by atoms with Crippen LogP contribution < -0.4 is 4.90 Å². The summed E-state index contributed by atoms with van der Waals surface area (Å²) in [6.45, 7) is 3.73. The number of anilines is 1. The minimum atomic E-state index is -0.893. The van der Waals surface area contributed by atoms with Crippen LogP contribution in [0.2, 0.25) is 5.02 Å². The van der Waals surface area contributed by atoms with Gasteiger partial charge in [0.15, 0.2) is 5.13 Å². The molecular formula is C20H18ClF2N3O2S. The summed E-state index contributed by atoms with van der Waals surface area (Å²) >= 11 is 7.37. The summed E-state index contributed by atoms with van der Waals surface area (Å²) in [6, 6.07) is 8.24. The predicted molar refractivity (Wildman–Crippen MR) is 110 cm³/mol. The largest absolute Gasteiger partial charge is 0.379 e. The number of nitrogens with zero attached hydrogens (tertiary/aromatic N) is 3. The van der Waals surface area contributed by atoms with Gasteiger partial charge in [0.1, 0.15) is 11.6 Å². The minimum Gasteiger partial charge on any atom is -0.379 e. The van der Waals surface area contributed by atoms with E-state index in [4.69, 9.17) is 16.3 Å². The van der Waals surface area contributed by atoms with Crippen LogP contribution in [0.15, 0.2) is 36.4 Å². The van der Waals surface area contributed by atoms with Crippen molar-refractivity contribution in [1.82, 2.24) is 9.88 Å². The third kappa shape index (κ3) is 4.56. The first-order chi connectivity index (χ1) is 14.0. The Hall–Kier alpha value is -2.13. The molecule has 0 saturated carbocycles. The lowest BCUT2D eigenvalue weighted by Gasteiger charge is -2.29. The molecule has 1 aromatic heterocycles. The van der Waals surface area contributed by atoms with Crippen molar-refractivity contribution in [1.29, 1.82) is 0 Å². The number of carbonyl (C=O) groups is 1. The van der Waals surface area contributed by atoms with E-state index in [0.29, 0.717) is 48.0 Å². The summed E-state index contributed by atoms with van der Waals surface area (Å²) in [7, 11) is 0. The van der Waals surface area contributed by atoms with Gasteiger partial charge in [-0.3, -0.25) is 14.6 Å². The predicted octanol–water partition coefficient (Wildman–Crippen LogP) is 4.21. The first kappa shape index (κ1) is 20.2. The molecule has 3 aromatic rings. The number of ether oxygens (including phenoxy) is 1. The molecule has 0 spiro atoms. The summed E-state index contributed by atoms with van der Waals surface area (Å²) in [6.07, 6.45) is 0. The number of rotatable bonds is 5. The number of halogens is 3. The first-order valence-electron chi connectivity index (χ1n) is 9.14. The number of morpholine rings is 1. The van der Waals surface area contributed by atoms with Crippen LogP contribution in [-0.4, -0.2) is 55.2 Å². The molecule has 0 N–H and O–H groups in total. The van der Waals surface area contributed by atoms with Crippen molar-refractivity contribution in [2.24, 2.45) is 0 Å². The van der Waals surface area contributed by atoms with Crippen molar-refractivity contribution >= 4 is 44.2 Å². The molecule has 0 atom stereocenters. The number of fused-ring (bicyclic) bond motifs is 1. The smallest absolute Gasteiger partial charge is 0.263 e. The van der Waals surface area contributed by atoms with Gasteiger partial charge in [0.05, 0.1) is 29.0 Å². The van der Waals surface area contributed by atoms with E-state index in [1.54, 1.807) is 18.2 Å². The first-order valence-corrected chi connectivity index (χ1v) is 10.3. The summed E-state index contributed by atoms with van der Waals surface area (Å²) in [4.78, 5) is 21.3. The molecule has 2 heterocycles. The zero-order valence-electron chi connectivity index (χ0n) is 15.4. The van der Waals surface area contributed by atoms with Crippen molar-refractivity contribution < 1.29 is 18.3 Å². The van der Waals surface area contributed by atoms with E-state index in [9.17, 15) is 13.6 Å². The van der Waals surface area contributed by atoms with E-state index >= 15 is 0 Å². The molecule has 9 heteroatoms. The monoisotopic (exact) mass is 437 g/mol. The fraction of sp³-hybridized carbons (Fsp3) is 0.300. The standard InChI is InChI=1S/C20H18ClF2N3O2S/c21-13-1-4-17-18(11-13)29-20(24-17)26(6-5-25-7-9-28-10-8-25)19(27)15-3-2-14(22)12-16(15)23/h1-4,11-12H,5-10H2. The van der Waals surface area contributed by atoms with Crippen LogP contribution in [-0.2, 0) is 4.74 Å². The minimum absolute atomic E-state index is 0.189. The molecule has 2 aromatic carbocycles. The van der Waals surface area contributed by atoms with Gasteiger partial charge in [0, 0.05) is 37.3 Å². The van der Waals surface area contributed by atoms with Crippen LogP contribution in [0, 0.1) is 11.6 Å². The van der Waals surface area contributed by atoms with Gasteiger partial charge in [-0.25, -0.2) is 13.8 Å². The average molecular weight is 438 g/mol. The van der Waals surface area contributed by atoms with Crippen molar-refractivity contribution in [2.75, 3.05) is 44.3 Å². The van der Waals surface area contributed by atoms with Gasteiger partial charge >= 0.3 is 0 Å². The van der Waals surface area contributed by atoms with Crippen LogP contribution in [0.5, 0.6) is 0 Å². The highest BCUT2D eigenvalue weighted by Crippen LogP contribution is 2.31. The average Bonchev–Trinajstić information content (AvgIpc) is 3.11. The number of carbonyl (C=O) groups excluding carboxylic acids is 1. The molecule has 1 aliphatic rings. The van der Waals surface area contributed by atoms with Gasteiger partial charge in [0.2, 0.25) is 0 Å². The quantitative estimate of drug-likeness (QED) is 0.600. The molecule has 1 aliphatic heterocycles.